The standard InChI is InChI=1S/C12H14N4O3S/c1-6(17)14-12-16-15-11(20-12)7-4-8(13)10(19-3)9(5-7)18-2/h4-5H,13H2,1-3H3,(H,14,16,17). The first-order valence-electron chi connectivity index (χ1n) is 5.68. The normalized spacial score (nSPS) is 10.2. The van der Waals surface area contributed by atoms with Crippen molar-refractivity contribution in [1.82, 2.24) is 10.2 Å². The highest BCUT2D eigenvalue weighted by Crippen LogP contribution is 2.39. The van der Waals surface area contributed by atoms with Crippen molar-refractivity contribution in [3.05, 3.63) is 12.1 Å². The molecule has 0 atom stereocenters. The number of carbonyl (C=O) groups excluding carboxylic acids is 1. The molecule has 2 rings (SSSR count). The van der Waals surface area contributed by atoms with Gasteiger partial charge in [0.25, 0.3) is 0 Å². The maximum atomic E-state index is 11.0. The van der Waals surface area contributed by atoms with Crippen LogP contribution in [0.25, 0.3) is 10.6 Å². The third-order valence-corrected chi connectivity index (χ3v) is 3.35. The number of nitrogens with zero attached hydrogens (tertiary/aromatic N) is 2. The Morgan fingerprint density at radius 3 is 2.65 bits per heavy atom. The lowest BCUT2D eigenvalue weighted by Crippen LogP contribution is -2.04. The molecule has 20 heavy (non-hydrogen) atoms. The number of methoxy groups -OCH3 is 2. The molecular weight excluding hydrogens is 280 g/mol. The molecule has 8 heteroatoms. The summed E-state index contributed by atoms with van der Waals surface area (Å²) in [7, 11) is 3.05. The summed E-state index contributed by atoms with van der Waals surface area (Å²) in [5.41, 5.74) is 7.10. The van der Waals surface area contributed by atoms with Gasteiger partial charge in [0.1, 0.15) is 5.01 Å². The molecular formula is C12H14N4O3S. The molecule has 0 aliphatic heterocycles. The number of hydrogen-bond donors (Lipinski definition) is 2. The monoisotopic (exact) mass is 294 g/mol. The zero-order valence-electron chi connectivity index (χ0n) is 11.3. The molecule has 1 aromatic heterocycles. The van der Waals surface area contributed by atoms with Crippen LogP contribution < -0.4 is 20.5 Å². The number of benzene rings is 1. The Labute approximate surface area is 119 Å². The van der Waals surface area contributed by atoms with Crippen molar-refractivity contribution in [2.24, 2.45) is 0 Å². The van der Waals surface area contributed by atoms with Crippen LogP contribution in [0.5, 0.6) is 11.5 Å². The van der Waals surface area contributed by atoms with Gasteiger partial charge < -0.3 is 20.5 Å². The zero-order chi connectivity index (χ0) is 14.7. The molecule has 0 aliphatic carbocycles. The molecule has 0 bridgehead atoms. The fraction of sp³-hybridized carbons (Fsp3) is 0.250. The minimum Gasteiger partial charge on any atom is -0.493 e. The average molecular weight is 294 g/mol. The number of hydrogen-bond acceptors (Lipinski definition) is 7. The maximum Gasteiger partial charge on any atom is 0.223 e. The van der Waals surface area contributed by atoms with Gasteiger partial charge in [-0.1, -0.05) is 11.3 Å². The Hall–Kier alpha value is -2.35. The van der Waals surface area contributed by atoms with Crippen LogP contribution in [0.1, 0.15) is 6.92 Å². The van der Waals surface area contributed by atoms with Gasteiger partial charge in [-0.2, -0.15) is 0 Å². The van der Waals surface area contributed by atoms with E-state index >= 15 is 0 Å². The number of aromatic nitrogens is 2. The van der Waals surface area contributed by atoms with Crippen LogP contribution in [-0.2, 0) is 4.79 Å². The molecule has 0 saturated heterocycles. The number of carbonyl (C=O) groups is 1. The van der Waals surface area contributed by atoms with Crippen molar-refractivity contribution in [3.63, 3.8) is 0 Å². The molecule has 7 nitrogen and oxygen atoms in total. The van der Waals surface area contributed by atoms with Gasteiger partial charge in [0, 0.05) is 12.5 Å². The number of amides is 1. The van der Waals surface area contributed by atoms with E-state index in [1.165, 1.54) is 32.5 Å². The predicted molar refractivity (Wildman–Crippen MR) is 77.2 cm³/mol. The van der Waals surface area contributed by atoms with Crippen molar-refractivity contribution in [1.29, 1.82) is 0 Å². The van der Waals surface area contributed by atoms with E-state index in [-0.39, 0.29) is 5.91 Å². The van der Waals surface area contributed by atoms with Crippen LogP contribution in [0.3, 0.4) is 0 Å². The van der Waals surface area contributed by atoms with Crippen molar-refractivity contribution >= 4 is 28.1 Å². The molecule has 1 heterocycles. The third kappa shape index (κ3) is 2.80. The summed E-state index contributed by atoms with van der Waals surface area (Å²) in [4.78, 5) is 11.0. The van der Waals surface area contributed by atoms with E-state index in [1.54, 1.807) is 12.1 Å². The molecule has 0 spiro atoms. The summed E-state index contributed by atoms with van der Waals surface area (Å²) >= 11 is 1.25. The van der Waals surface area contributed by atoms with Crippen LogP contribution in [0.15, 0.2) is 12.1 Å². The minimum absolute atomic E-state index is 0.195. The number of rotatable bonds is 4. The summed E-state index contributed by atoms with van der Waals surface area (Å²) < 4.78 is 10.4. The number of nitrogens with two attached hydrogens (primary N) is 1. The molecule has 0 saturated carbocycles. The van der Waals surface area contributed by atoms with Crippen molar-refractivity contribution < 1.29 is 14.3 Å². The minimum atomic E-state index is -0.195. The van der Waals surface area contributed by atoms with E-state index in [0.717, 1.165) is 5.56 Å². The predicted octanol–water partition coefficient (Wildman–Crippen LogP) is 1.76. The van der Waals surface area contributed by atoms with Gasteiger partial charge in [0.05, 0.1) is 19.9 Å². The second-order valence-electron chi connectivity index (χ2n) is 3.89. The lowest BCUT2D eigenvalue weighted by molar-refractivity contribution is -0.114. The van der Waals surface area contributed by atoms with Gasteiger partial charge in [-0.25, -0.2) is 0 Å². The first kappa shape index (κ1) is 14.1. The van der Waals surface area contributed by atoms with E-state index in [4.69, 9.17) is 15.2 Å². The Kier molecular flexibility index (Phi) is 4.04. The number of nitrogen functional groups attached to an aromatic ring is 1. The molecule has 1 aromatic carbocycles. The summed E-state index contributed by atoms with van der Waals surface area (Å²) in [6.45, 7) is 1.41. The molecule has 0 radical (unpaired) electrons. The molecule has 0 aliphatic rings. The van der Waals surface area contributed by atoms with Crippen LogP contribution in [-0.4, -0.2) is 30.3 Å². The molecule has 0 unspecified atom stereocenters. The maximum absolute atomic E-state index is 11.0. The SMILES string of the molecule is COc1cc(-c2nnc(NC(C)=O)s2)cc(N)c1OC. The van der Waals surface area contributed by atoms with Gasteiger partial charge >= 0.3 is 0 Å². The van der Waals surface area contributed by atoms with E-state index in [2.05, 4.69) is 15.5 Å². The molecule has 106 valence electrons. The van der Waals surface area contributed by atoms with Gasteiger partial charge in [-0.05, 0) is 12.1 Å². The van der Waals surface area contributed by atoms with E-state index < -0.39 is 0 Å². The summed E-state index contributed by atoms with van der Waals surface area (Å²) in [6, 6.07) is 3.48. The topological polar surface area (TPSA) is 99.4 Å². The van der Waals surface area contributed by atoms with E-state index in [9.17, 15) is 4.79 Å². The van der Waals surface area contributed by atoms with Crippen LogP contribution in [0, 0.1) is 0 Å². The van der Waals surface area contributed by atoms with Crippen LogP contribution in [0.2, 0.25) is 0 Å². The third-order valence-electron chi connectivity index (χ3n) is 2.46. The largest absolute Gasteiger partial charge is 0.493 e. The summed E-state index contributed by atoms with van der Waals surface area (Å²) in [5.74, 6) is 0.793. The van der Waals surface area contributed by atoms with Gasteiger partial charge in [0.15, 0.2) is 11.5 Å². The Balaban J connectivity index is 2.40. The number of nitrogens with one attached hydrogen (secondary N) is 1. The van der Waals surface area contributed by atoms with E-state index in [0.29, 0.717) is 27.3 Å². The van der Waals surface area contributed by atoms with Gasteiger partial charge in [-0.3, -0.25) is 4.79 Å². The van der Waals surface area contributed by atoms with Crippen LogP contribution in [0.4, 0.5) is 10.8 Å². The molecule has 3 N–H and O–H groups in total. The Morgan fingerprint density at radius 1 is 1.30 bits per heavy atom. The smallest absolute Gasteiger partial charge is 0.223 e. The summed E-state index contributed by atoms with van der Waals surface area (Å²) in [6.07, 6.45) is 0. The van der Waals surface area contributed by atoms with Crippen molar-refractivity contribution in [3.8, 4) is 22.1 Å². The summed E-state index contributed by atoms with van der Waals surface area (Å²) in [5, 5.41) is 11.5. The average Bonchev–Trinajstić information content (AvgIpc) is 2.85. The number of ether oxygens (including phenoxy) is 2. The molecule has 0 fully saturated rings. The lowest BCUT2D eigenvalue weighted by atomic mass is 10.2. The quantitative estimate of drug-likeness (QED) is 0.834. The highest BCUT2D eigenvalue weighted by molar-refractivity contribution is 7.18. The van der Waals surface area contributed by atoms with Gasteiger partial charge in [0.2, 0.25) is 11.0 Å². The molecule has 2 aromatic rings. The Bertz CT molecular complexity index is 642. The second-order valence-corrected chi connectivity index (χ2v) is 4.87. The second kappa shape index (κ2) is 5.74. The number of anilines is 2. The first-order valence-corrected chi connectivity index (χ1v) is 6.49. The van der Waals surface area contributed by atoms with Crippen molar-refractivity contribution in [2.45, 2.75) is 6.92 Å². The highest BCUT2D eigenvalue weighted by atomic mass is 32.1. The van der Waals surface area contributed by atoms with Crippen molar-refractivity contribution in [2.75, 3.05) is 25.3 Å². The fourth-order valence-corrected chi connectivity index (χ4v) is 2.44. The Morgan fingerprint density at radius 2 is 2.05 bits per heavy atom. The zero-order valence-corrected chi connectivity index (χ0v) is 12.1. The highest BCUT2D eigenvalue weighted by Gasteiger charge is 2.14. The van der Waals surface area contributed by atoms with Gasteiger partial charge in [-0.15, -0.1) is 10.2 Å². The van der Waals surface area contributed by atoms with E-state index in [1.807, 2.05) is 0 Å². The fourth-order valence-electron chi connectivity index (χ4n) is 1.66. The lowest BCUT2D eigenvalue weighted by Gasteiger charge is -2.11. The first-order chi connectivity index (χ1) is 9.55. The molecule has 1 amide bonds. The van der Waals surface area contributed by atoms with Crippen LogP contribution >= 0.6 is 11.3 Å².